The smallest absolute Gasteiger partial charge is 0.308 e. The number of esters is 1. The fourth-order valence-electron chi connectivity index (χ4n) is 1.67. The molecule has 0 aliphatic carbocycles. The van der Waals surface area contributed by atoms with E-state index in [-0.39, 0.29) is 13.0 Å². The molecule has 104 valence electrons. The van der Waals surface area contributed by atoms with Gasteiger partial charge in [0.1, 0.15) is 6.10 Å². The molecule has 0 amide bonds. The monoisotopic (exact) mass is 267 g/mol. The summed E-state index contributed by atoms with van der Waals surface area (Å²) in [5, 5.41) is 31.2. The summed E-state index contributed by atoms with van der Waals surface area (Å²) in [5.74, 6) is -0.581. The quantitative estimate of drug-likeness (QED) is 0.307. The standard InChI is InChI=1S/C13H17NO5/c1-2-19-12(16)7-11(15)13(17)10-6-4-3-5-9(10)8-14-18/h3-6,8,11,13,15,17-18H,2,7H2,1H3. The predicted octanol–water partition coefficient (Wildman–Crippen LogP) is 0.842. The molecule has 6 nitrogen and oxygen atoms in total. The van der Waals surface area contributed by atoms with Crippen molar-refractivity contribution in [2.24, 2.45) is 5.16 Å². The number of rotatable bonds is 6. The maximum Gasteiger partial charge on any atom is 0.308 e. The number of aliphatic hydroxyl groups excluding tert-OH is 2. The van der Waals surface area contributed by atoms with E-state index in [0.717, 1.165) is 6.21 Å². The highest BCUT2D eigenvalue weighted by molar-refractivity contribution is 5.81. The van der Waals surface area contributed by atoms with Crippen LogP contribution in [0.15, 0.2) is 29.4 Å². The molecule has 2 unspecified atom stereocenters. The molecule has 2 atom stereocenters. The maximum absolute atomic E-state index is 11.2. The molecule has 3 N–H and O–H groups in total. The molecule has 0 heterocycles. The van der Waals surface area contributed by atoms with Crippen molar-refractivity contribution in [2.75, 3.05) is 6.61 Å². The first-order valence-electron chi connectivity index (χ1n) is 5.88. The van der Waals surface area contributed by atoms with Gasteiger partial charge in [-0.05, 0) is 12.5 Å². The van der Waals surface area contributed by atoms with Crippen LogP contribution in [0.2, 0.25) is 0 Å². The zero-order valence-corrected chi connectivity index (χ0v) is 10.6. The van der Waals surface area contributed by atoms with Crippen molar-refractivity contribution in [2.45, 2.75) is 25.6 Å². The Hall–Kier alpha value is -1.92. The molecule has 1 aromatic rings. The van der Waals surface area contributed by atoms with Crippen molar-refractivity contribution in [3.63, 3.8) is 0 Å². The van der Waals surface area contributed by atoms with Gasteiger partial charge in [0, 0.05) is 5.56 Å². The summed E-state index contributed by atoms with van der Waals surface area (Å²) in [6.07, 6.45) is -1.71. The SMILES string of the molecule is CCOC(=O)CC(O)C(O)c1ccccc1C=NO. The minimum absolute atomic E-state index is 0.218. The molecule has 6 heteroatoms. The molecule has 0 aliphatic rings. The molecule has 0 aromatic heterocycles. The third-order valence-corrected chi connectivity index (χ3v) is 2.56. The van der Waals surface area contributed by atoms with E-state index < -0.39 is 18.2 Å². The number of benzene rings is 1. The fourth-order valence-corrected chi connectivity index (χ4v) is 1.67. The lowest BCUT2D eigenvalue weighted by molar-refractivity contribution is -0.147. The van der Waals surface area contributed by atoms with Gasteiger partial charge in [-0.3, -0.25) is 4.79 Å². The Kier molecular flexibility index (Phi) is 5.98. The Morgan fingerprint density at radius 1 is 1.42 bits per heavy atom. The molecule has 0 spiro atoms. The first kappa shape index (κ1) is 15.1. The number of nitrogens with zero attached hydrogens (tertiary/aromatic N) is 1. The summed E-state index contributed by atoms with van der Waals surface area (Å²) in [4.78, 5) is 11.2. The van der Waals surface area contributed by atoms with Gasteiger partial charge in [-0.15, -0.1) is 0 Å². The predicted molar refractivity (Wildman–Crippen MR) is 68.0 cm³/mol. The second kappa shape index (κ2) is 7.50. The highest BCUT2D eigenvalue weighted by Gasteiger charge is 2.23. The molecule has 0 fully saturated rings. The minimum atomic E-state index is -1.28. The number of ether oxygens (including phenoxy) is 1. The highest BCUT2D eigenvalue weighted by Crippen LogP contribution is 2.22. The van der Waals surface area contributed by atoms with Crippen LogP contribution in [0.1, 0.15) is 30.6 Å². The van der Waals surface area contributed by atoms with Crippen LogP contribution >= 0.6 is 0 Å². The van der Waals surface area contributed by atoms with E-state index in [9.17, 15) is 15.0 Å². The second-order valence-corrected chi connectivity index (χ2v) is 3.89. The first-order valence-corrected chi connectivity index (χ1v) is 5.88. The molecular formula is C13H17NO5. The Balaban J connectivity index is 2.81. The maximum atomic E-state index is 11.2. The topological polar surface area (TPSA) is 99.4 Å². The molecular weight excluding hydrogens is 250 g/mol. The summed E-state index contributed by atoms with van der Waals surface area (Å²) in [7, 11) is 0. The summed E-state index contributed by atoms with van der Waals surface area (Å²) in [6, 6.07) is 6.57. The third-order valence-electron chi connectivity index (χ3n) is 2.56. The summed E-state index contributed by atoms with van der Waals surface area (Å²) in [5.41, 5.74) is 0.831. The molecule has 19 heavy (non-hydrogen) atoms. The average molecular weight is 267 g/mol. The lowest BCUT2D eigenvalue weighted by atomic mass is 9.97. The van der Waals surface area contributed by atoms with Gasteiger partial charge in [0.25, 0.3) is 0 Å². The van der Waals surface area contributed by atoms with Gasteiger partial charge in [0.05, 0.1) is 25.3 Å². The summed E-state index contributed by atoms with van der Waals surface area (Å²) >= 11 is 0. The summed E-state index contributed by atoms with van der Waals surface area (Å²) in [6.45, 7) is 1.88. The number of hydrogen-bond acceptors (Lipinski definition) is 6. The van der Waals surface area contributed by atoms with Gasteiger partial charge < -0.3 is 20.2 Å². The highest BCUT2D eigenvalue weighted by atomic mass is 16.5. The average Bonchev–Trinajstić information content (AvgIpc) is 2.39. The molecule has 0 saturated heterocycles. The lowest BCUT2D eigenvalue weighted by Crippen LogP contribution is -2.24. The van der Waals surface area contributed by atoms with Crippen LogP contribution in [0.4, 0.5) is 0 Å². The number of hydrogen-bond donors (Lipinski definition) is 3. The van der Waals surface area contributed by atoms with Gasteiger partial charge in [-0.1, -0.05) is 29.4 Å². The Bertz CT molecular complexity index is 446. The van der Waals surface area contributed by atoms with E-state index in [1.165, 1.54) is 0 Å². The van der Waals surface area contributed by atoms with E-state index in [1.54, 1.807) is 31.2 Å². The molecule has 1 rings (SSSR count). The van der Waals surface area contributed by atoms with E-state index in [4.69, 9.17) is 9.94 Å². The Morgan fingerprint density at radius 3 is 2.74 bits per heavy atom. The Labute approximate surface area is 110 Å². The van der Waals surface area contributed by atoms with Crippen molar-refractivity contribution >= 4 is 12.2 Å². The normalized spacial score (nSPS) is 14.3. The van der Waals surface area contributed by atoms with Crippen molar-refractivity contribution in [3.8, 4) is 0 Å². The number of carbonyl (C=O) groups excluding carboxylic acids is 1. The molecule has 0 aliphatic heterocycles. The van der Waals surface area contributed by atoms with Crippen molar-refractivity contribution in [1.29, 1.82) is 0 Å². The number of aliphatic hydroxyl groups is 2. The van der Waals surface area contributed by atoms with Crippen LogP contribution in [-0.4, -0.2) is 40.3 Å². The first-order chi connectivity index (χ1) is 9.10. The summed E-state index contributed by atoms with van der Waals surface area (Å²) < 4.78 is 4.70. The third kappa shape index (κ3) is 4.35. The van der Waals surface area contributed by atoms with Gasteiger partial charge in [0.2, 0.25) is 0 Å². The zero-order chi connectivity index (χ0) is 14.3. The van der Waals surface area contributed by atoms with Crippen molar-refractivity contribution in [1.82, 2.24) is 0 Å². The molecule has 0 radical (unpaired) electrons. The van der Waals surface area contributed by atoms with Crippen LogP contribution in [0, 0.1) is 0 Å². The van der Waals surface area contributed by atoms with Crippen molar-refractivity contribution < 1.29 is 25.0 Å². The molecule has 1 aromatic carbocycles. The van der Waals surface area contributed by atoms with Crippen LogP contribution in [0.25, 0.3) is 0 Å². The largest absolute Gasteiger partial charge is 0.466 e. The number of oxime groups is 1. The van der Waals surface area contributed by atoms with E-state index in [1.807, 2.05) is 0 Å². The van der Waals surface area contributed by atoms with Crippen LogP contribution < -0.4 is 0 Å². The molecule has 0 bridgehead atoms. The fraction of sp³-hybridized carbons (Fsp3) is 0.385. The van der Waals surface area contributed by atoms with Crippen LogP contribution in [0.3, 0.4) is 0 Å². The minimum Gasteiger partial charge on any atom is -0.466 e. The van der Waals surface area contributed by atoms with Gasteiger partial charge in [0.15, 0.2) is 0 Å². The second-order valence-electron chi connectivity index (χ2n) is 3.89. The van der Waals surface area contributed by atoms with E-state index in [0.29, 0.717) is 11.1 Å². The zero-order valence-electron chi connectivity index (χ0n) is 10.6. The lowest BCUT2D eigenvalue weighted by Gasteiger charge is -2.19. The number of carbonyl (C=O) groups is 1. The van der Waals surface area contributed by atoms with E-state index in [2.05, 4.69) is 5.16 Å². The van der Waals surface area contributed by atoms with Gasteiger partial charge in [-0.25, -0.2) is 0 Å². The Morgan fingerprint density at radius 2 is 2.11 bits per heavy atom. The van der Waals surface area contributed by atoms with E-state index >= 15 is 0 Å². The molecule has 0 saturated carbocycles. The van der Waals surface area contributed by atoms with Crippen LogP contribution in [-0.2, 0) is 9.53 Å². The van der Waals surface area contributed by atoms with Crippen LogP contribution in [0.5, 0.6) is 0 Å². The van der Waals surface area contributed by atoms with Crippen molar-refractivity contribution in [3.05, 3.63) is 35.4 Å². The van der Waals surface area contributed by atoms with Gasteiger partial charge >= 0.3 is 5.97 Å². The van der Waals surface area contributed by atoms with Gasteiger partial charge in [-0.2, -0.15) is 0 Å².